The number of halogens is 1. The number of nitrogens with one attached hydrogen (secondary N) is 1. The van der Waals surface area contributed by atoms with Crippen molar-refractivity contribution in [2.75, 3.05) is 13.1 Å². The van der Waals surface area contributed by atoms with E-state index in [0.29, 0.717) is 11.9 Å². The van der Waals surface area contributed by atoms with Crippen LogP contribution in [0, 0.1) is 5.92 Å². The normalized spacial score (nSPS) is 11.7. The standard InChI is InChI=1S/C15H21N3S.BrH/c1-11(2)10-18-15(16)17-8-7-13-9-12-5-3-4-6-14(12)19-13;/h3-6,9,11H,7-8,10H2,1-2H3,(H3,16,17,18);1H. The molecular weight excluding hydrogens is 334 g/mol. The summed E-state index contributed by atoms with van der Waals surface area (Å²) in [5.41, 5.74) is 5.80. The van der Waals surface area contributed by atoms with Gasteiger partial charge >= 0.3 is 0 Å². The van der Waals surface area contributed by atoms with E-state index in [1.165, 1.54) is 15.0 Å². The van der Waals surface area contributed by atoms with Crippen LogP contribution in [0.5, 0.6) is 0 Å². The minimum Gasteiger partial charge on any atom is -0.370 e. The molecule has 0 amide bonds. The number of rotatable bonds is 5. The predicted molar refractivity (Wildman–Crippen MR) is 95.2 cm³/mol. The summed E-state index contributed by atoms with van der Waals surface area (Å²) in [4.78, 5) is 5.66. The fraction of sp³-hybridized carbons (Fsp3) is 0.400. The lowest BCUT2D eigenvalue weighted by Crippen LogP contribution is -2.33. The van der Waals surface area contributed by atoms with E-state index >= 15 is 0 Å². The van der Waals surface area contributed by atoms with E-state index in [4.69, 9.17) is 5.73 Å². The fourth-order valence-corrected chi connectivity index (χ4v) is 2.87. The molecule has 1 aromatic heterocycles. The minimum atomic E-state index is 0. The highest BCUT2D eigenvalue weighted by atomic mass is 79.9. The van der Waals surface area contributed by atoms with E-state index in [0.717, 1.165) is 19.5 Å². The lowest BCUT2D eigenvalue weighted by molar-refractivity contribution is 0.661. The molecule has 0 radical (unpaired) electrons. The molecule has 0 saturated carbocycles. The first-order valence-electron chi connectivity index (χ1n) is 6.66. The Kier molecular flexibility index (Phi) is 7.02. The number of aliphatic imine (C=N–C) groups is 1. The first kappa shape index (κ1) is 17.0. The second-order valence-corrected chi connectivity index (χ2v) is 6.22. The molecule has 5 heteroatoms. The van der Waals surface area contributed by atoms with Crippen LogP contribution in [0.3, 0.4) is 0 Å². The molecule has 110 valence electrons. The molecule has 3 N–H and O–H groups in total. The molecule has 0 spiro atoms. The van der Waals surface area contributed by atoms with Crippen LogP contribution in [0.4, 0.5) is 0 Å². The third kappa shape index (κ3) is 5.13. The molecule has 0 bridgehead atoms. The van der Waals surface area contributed by atoms with Crippen molar-refractivity contribution in [2.24, 2.45) is 16.6 Å². The smallest absolute Gasteiger partial charge is 0.188 e. The number of guanidine groups is 1. The van der Waals surface area contributed by atoms with Crippen molar-refractivity contribution >= 4 is 44.4 Å². The van der Waals surface area contributed by atoms with Crippen LogP contribution in [0.25, 0.3) is 10.1 Å². The summed E-state index contributed by atoms with van der Waals surface area (Å²) < 4.78 is 1.35. The van der Waals surface area contributed by atoms with Crippen LogP contribution in [0.15, 0.2) is 35.3 Å². The van der Waals surface area contributed by atoms with Gasteiger partial charge in [0.1, 0.15) is 0 Å². The van der Waals surface area contributed by atoms with E-state index in [9.17, 15) is 0 Å². The number of nitrogens with zero attached hydrogens (tertiary/aromatic N) is 1. The van der Waals surface area contributed by atoms with Gasteiger partial charge in [0.15, 0.2) is 5.96 Å². The van der Waals surface area contributed by atoms with Gasteiger partial charge in [-0.15, -0.1) is 28.3 Å². The first-order valence-corrected chi connectivity index (χ1v) is 7.48. The van der Waals surface area contributed by atoms with Gasteiger partial charge in [-0.1, -0.05) is 32.0 Å². The van der Waals surface area contributed by atoms with Crippen molar-refractivity contribution in [3.63, 3.8) is 0 Å². The molecule has 0 aliphatic heterocycles. The highest BCUT2D eigenvalue weighted by Crippen LogP contribution is 2.25. The third-order valence-electron chi connectivity index (χ3n) is 2.78. The zero-order chi connectivity index (χ0) is 13.7. The van der Waals surface area contributed by atoms with E-state index in [2.05, 4.69) is 54.5 Å². The molecule has 2 aromatic rings. The second-order valence-electron chi connectivity index (χ2n) is 5.05. The SMILES string of the molecule is Br.CC(C)CN=C(N)NCCc1cc2ccccc2s1. The van der Waals surface area contributed by atoms with E-state index in [1.807, 2.05) is 11.3 Å². The molecule has 2 rings (SSSR count). The molecule has 0 aliphatic rings. The molecular formula is C15H22BrN3S. The molecule has 3 nitrogen and oxygen atoms in total. The van der Waals surface area contributed by atoms with Gasteiger partial charge in [0, 0.05) is 22.7 Å². The van der Waals surface area contributed by atoms with Crippen molar-refractivity contribution in [3.05, 3.63) is 35.2 Å². The summed E-state index contributed by atoms with van der Waals surface area (Å²) in [5, 5.41) is 4.49. The molecule has 0 fully saturated rings. The van der Waals surface area contributed by atoms with Crippen molar-refractivity contribution in [2.45, 2.75) is 20.3 Å². The fourth-order valence-electron chi connectivity index (χ4n) is 1.81. The van der Waals surface area contributed by atoms with Crippen LogP contribution in [-0.4, -0.2) is 19.0 Å². The van der Waals surface area contributed by atoms with Gasteiger partial charge in [0.2, 0.25) is 0 Å². The Bertz CT molecular complexity index is 530. The zero-order valence-electron chi connectivity index (χ0n) is 11.9. The monoisotopic (exact) mass is 355 g/mol. The van der Waals surface area contributed by atoms with Gasteiger partial charge in [-0.25, -0.2) is 0 Å². The van der Waals surface area contributed by atoms with Crippen molar-refractivity contribution < 1.29 is 0 Å². The summed E-state index contributed by atoms with van der Waals surface area (Å²) >= 11 is 1.85. The van der Waals surface area contributed by atoms with E-state index in [-0.39, 0.29) is 17.0 Å². The number of nitrogens with two attached hydrogens (primary N) is 1. The Morgan fingerprint density at radius 1 is 1.35 bits per heavy atom. The molecule has 0 saturated heterocycles. The average molecular weight is 356 g/mol. The number of benzene rings is 1. The van der Waals surface area contributed by atoms with Crippen LogP contribution < -0.4 is 11.1 Å². The Labute approximate surface area is 135 Å². The highest BCUT2D eigenvalue weighted by Gasteiger charge is 2.01. The molecule has 1 heterocycles. The quantitative estimate of drug-likeness (QED) is 0.636. The maximum absolute atomic E-state index is 5.80. The lowest BCUT2D eigenvalue weighted by Gasteiger charge is -2.05. The lowest BCUT2D eigenvalue weighted by atomic mass is 10.2. The molecule has 0 atom stereocenters. The second kappa shape index (κ2) is 8.27. The van der Waals surface area contributed by atoms with E-state index in [1.54, 1.807) is 0 Å². The van der Waals surface area contributed by atoms with Gasteiger partial charge in [0.05, 0.1) is 0 Å². The predicted octanol–water partition coefficient (Wildman–Crippen LogP) is 3.58. The largest absolute Gasteiger partial charge is 0.370 e. The number of fused-ring (bicyclic) bond motifs is 1. The molecule has 20 heavy (non-hydrogen) atoms. The maximum Gasteiger partial charge on any atom is 0.188 e. The van der Waals surface area contributed by atoms with Crippen molar-refractivity contribution in [3.8, 4) is 0 Å². The van der Waals surface area contributed by atoms with Crippen LogP contribution in [0.2, 0.25) is 0 Å². The Hall–Kier alpha value is -1.07. The molecule has 0 aliphatic carbocycles. The van der Waals surface area contributed by atoms with Gasteiger partial charge in [-0.2, -0.15) is 0 Å². The summed E-state index contributed by atoms with van der Waals surface area (Å²) in [7, 11) is 0. The van der Waals surface area contributed by atoms with Crippen LogP contribution in [-0.2, 0) is 6.42 Å². The first-order chi connectivity index (χ1) is 9.15. The molecule has 1 aromatic carbocycles. The summed E-state index contributed by atoms with van der Waals surface area (Å²) in [5.74, 6) is 1.10. The van der Waals surface area contributed by atoms with Gasteiger partial charge < -0.3 is 11.1 Å². The van der Waals surface area contributed by atoms with Gasteiger partial charge in [0.25, 0.3) is 0 Å². The minimum absolute atomic E-state index is 0. The number of thiophene rings is 1. The van der Waals surface area contributed by atoms with Crippen molar-refractivity contribution in [1.82, 2.24) is 5.32 Å². The van der Waals surface area contributed by atoms with Gasteiger partial charge in [-0.3, -0.25) is 4.99 Å². The highest BCUT2D eigenvalue weighted by molar-refractivity contribution is 8.93. The van der Waals surface area contributed by atoms with E-state index < -0.39 is 0 Å². The van der Waals surface area contributed by atoms with Crippen LogP contribution in [0.1, 0.15) is 18.7 Å². The maximum atomic E-state index is 5.80. The topological polar surface area (TPSA) is 50.4 Å². The zero-order valence-corrected chi connectivity index (χ0v) is 14.5. The Morgan fingerprint density at radius 2 is 2.10 bits per heavy atom. The summed E-state index contributed by atoms with van der Waals surface area (Å²) in [6, 6.07) is 10.7. The van der Waals surface area contributed by atoms with Crippen molar-refractivity contribution in [1.29, 1.82) is 0 Å². The number of hydrogen-bond acceptors (Lipinski definition) is 2. The molecule has 0 unspecified atom stereocenters. The average Bonchev–Trinajstić information content (AvgIpc) is 2.79. The van der Waals surface area contributed by atoms with Gasteiger partial charge in [-0.05, 0) is 29.9 Å². The third-order valence-corrected chi connectivity index (χ3v) is 3.96. The Balaban J connectivity index is 0.00000200. The Morgan fingerprint density at radius 3 is 2.80 bits per heavy atom. The summed E-state index contributed by atoms with van der Waals surface area (Å²) in [6.07, 6.45) is 0.983. The number of hydrogen-bond donors (Lipinski definition) is 2. The summed E-state index contributed by atoms with van der Waals surface area (Å²) in [6.45, 7) is 5.88. The van der Waals surface area contributed by atoms with Crippen LogP contribution >= 0.6 is 28.3 Å².